The molecule has 51 heavy (non-hydrogen) atoms. The number of rotatable bonds is 6. The average molecular weight is 736 g/mol. The van der Waals surface area contributed by atoms with Crippen molar-refractivity contribution in [3.63, 3.8) is 0 Å². The summed E-state index contributed by atoms with van der Waals surface area (Å²) >= 11 is 7.86. The molecule has 4 aromatic rings. The molecular weight excluding hydrogens is 692 g/mol. The summed E-state index contributed by atoms with van der Waals surface area (Å²) in [5.41, 5.74) is 6.36. The lowest BCUT2D eigenvalue weighted by atomic mass is 9.76. The van der Waals surface area contributed by atoms with Crippen LogP contribution in [0.2, 0.25) is 5.02 Å². The Morgan fingerprint density at radius 1 is 1.08 bits per heavy atom. The van der Waals surface area contributed by atoms with Crippen LogP contribution in [0.4, 0.5) is 19.6 Å². The molecule has 8 rings (SSSR count). The highest BCUT2D eigenvalue weighted by molar-refractivity contribution is 7.23. The zero-order chi connectivity index (χ0) is 36.1. The second-order valence-electron chi connectivity index (χ2n) is 15.4. The summed E-state index contributed by atoms with van der Waals surface area (Å²) in [6, 6.07) is 6.48. The Morgan fingerprint density at radius 2 is 1.80 bits per heavy atom. The Labute approximate surface area is 306 Å². The number of nitrogens with zero attached hydrogens (tertiary/aromatic N) is 6. The number of carbonyl (C=O) groups excluding carboxylic acids is 1. The molecule has 0 bridgehead atoms. The first-order valence-corrected chi connectivity index (χ1v) is 19.1. The molecule has 0 atom stereocenters. The van der Waals surface area contributed by atoms with Crippen LogP contribution >= 0.6 is 22.9 Å². The number of ether oxygens (including phenoxy) is 1. The number of nitriles is 1. The van der Waals surface area contributed by atoms with Gasteiger partial charge in [0, 0.05) is 47.9 Å². The van der Waals surface area contributed by atoms with E-state index in [1.54, 1.807) is 11.0 Å². The molecule has 0 unspecified atom stereocenters. The topological polar surface area (TPSA) is 112 Å². The van der Waals surface area contributed by atoms with Gasteiger partial charge < -0.3 is 20.3 Å². The number of likely N-dealkylation sites (tertiary alicyclic amines) is 1. The van der Waals surface area contributed by atoms with Crippen LogP contribution in [-0.2, 0) is 4.79 Å². The van der Waals surface area contributed by atoms with Crippen molar-refractivity contribution in [2.24, 2.45) is 11.3 Å². The van der Waals surface area contributed by atoms with E-state index in [2.05, 4.69) is 41.6 Å². The van der Waals surface area contributed by atoms with Gasteiger partial charge in [-0.1, -0.05) is 44.9 Å². The van der Waals surface area contributed by atoms with Crippen molar-refractivity contribution < 1.29 is 18.3 Å². The summed E-state index contributed by atoms with van der Waals surface area (Å²) < 4.78 is 38.5. The Morgan fingerprint density at radius 3 is 2.49 bits per heavy atom. The smallest absolute Gasteiger partial charge is 0.319 e. The highest BCUT2D eigenvalue weighted by Crippen LogP contribution is 2.47. The number of halogens is 3. The number of thiophene rings is 1. The van der Waals surface area contributed by atoms with Crippen LogP contribution in [0.15, 0.2) is 18.2 Å². The molecule has 4 aliphatic rings. The minimum absolute atomic E-state index is 0.0124. The third-order valence-electron chi connectivity index (χ3n) is 10.8. The molecule has 13 heteroatoms. The zero-order valence-corrected chi connectivity index (χ0v) is 31.0. The molecule has 2 aromatic carbocycles. The SMILES string of the molecule is CC(C)C.N#Cc1c(N)sc2c(F)ccc(-c3c(Cl)cc4c(N5CCCCC6(CN(C=O)C6)C5)nc(OCC56CCCN5CCC6)nc4c3F)c12. The minimum atomic E-state index is -0.704. The summed E-state index contributed by atoms with van der Waals surface area (Å²) in [6.07, 6.45) is 8.11. The van der Waals surface area contributed by atoms with E-state index < -0.39 is 11.6 Å². The van der Waals surface area contributed by atoms with Crippen LogP contribution in [0.5, 0.6) is 6.01 Å². The number of benzene rings is 2. The molecule has 1 amide bonds. The normalized spacial score (nSPS) is 19.5. The predicted molar refractivity (Wildman–Crippen MR) is 199 cm³/mol. The predicted octanol–water partition coefficient (Wildman–Crippen LogP) is 8.02. The van der Waals surface area contributed by atoms with Gasteiger partial charge in [-0.25, -0.2) is 8.78 Å². The van der Waals surface area contributed by atoms with Crippen LogP contribution in [0.3, 0.4) is 0 Å². The monoisotopic (exact) mass is 735 g/mol. The van der Waals surface area contributed by atoms with Gasteiger partial charge in [-0.15, -0.1) is 11.3 Å². The third-order valence-corrected chi connectivity index (χ3v) is 12.1. The average Bonchev–Trinajstić information content (AvgIpc) is 3.71. The van der Waals surface area contributed by atoms with E-state index >= 15 is 4.39 Å². The van der Waals surface area contributed by atoms with Gasteiger partial charge >= 0.3 is 6.01 Å². The molecular formula is C38H44ClF2N7O2S. The first kappa shape index (κ1) is 35.6. The summed E-state index contributed by atoms with van der Waals surface area (Å²) in [6.45, 7) is 11.7. The number of amides is 1. The largest absolute Gasteiger partial charge is 0.461 e. The van der Waals surface area contributed by atoms with Crippen LogP contribution in [0.25, 0.3) is 32.1 Å². The van der Waals surface area contributed by atoms with E-state index in [-0.39, 0.29) is 59.3 Å². The molecule has 4 saturated heterocycles. The van der Waals surface area contributed by atoms with Crippen molar-refractivity contribution in [2.45, 2.75) is 71.3 Å². The highest BCUT2D eigenvalue weighted by atomic mass is 35.5. The number of hydrogen-bond acceptors (Lipinski definition) is 9. The zero-order valence-electron chi connectivity index (χ0n) is 29.4. The van der Waals surface area contributed by atoms with Crippen LogP contribution in [0.1, 0.15) is 71.3 Å². The van der Waals surface area contributed by atoms with E-state index in [9.17, 15) is 14.4 Å². The van der Waals surface area contributed by atoms with E-state index in [1.807, 2.05) is 0 Å². The van der Waals surface area contributed by atoms with Gasteiger partial charge in [0.2, 0.25) is 6.41 Å². The number of nitrogen functional groups attached to an aromatic ring is 1. The molecule has 0 saturated carbocycles. The minimum Gasteiger partial charge on any atom is -0.461 e. The lowest BCUT2D eigenvalue weighted by molar-refractivity contribution is -0.129. The molecule has 6 heterocycles. The number of hydrogen-bond donors (Lipinski definition) is 1. The van der Waals surface area contributed by atoms with Crippen molar-refractivity contribution in [2.75, 3.05) is 56.5 Å². The van der Waals surface area contributed by atoms with Crippen molar-refractivity contribution in [3.05, 3.63) is 40.4 Å². The molecule has 0 aliphatic carbocycles. The fourth-order valence-electron chi connectivity index (χ4n) is 8.58. The third kappa shape index (κ3) is 6.46. The Hall–Kier alpha value is -3.79. The molecule has 4 fully saturated rings. The Balaban J connectivity index is 0.000000966. The van der Waals surface area contributed by atoms with Crippen LogP contribution in [0, 0.1) is 34.3 Å². The molecule has 2 aromatic heterocycles. The van der Waals surface area contributed by atoms with Crippen molar-refractivity contribution in [1.82, 2.24) is 19.8 Å². The van der Waals surface area contributed by atoms with Crippen LogP contribution < -0.4 is 15.4 Å². The number of aromatic nitrogens is 2. The van der Waals surface area contributed by atoms with Gasteiger partial charge in [0.25, 0.3) is 0 Å². The van der Waals surface area contributed by atoms with Crippen molar-refractivity contribution in [1.29, 1.82) is 5.26 Å². The second kappa shape index (κ2) is 14.0. The van der Waals surface area contributed by atoms with Gasteiger partial charge in [-0.3, -0.25) is 9.69 Å². The van der Waals surface area contributed by atoms with E-state index in [1.165, 1.54) is 12.1 Å². The van der Waals surface area contributed by atoms with Crippen LogP contribution in [-0.4, -0.2) is 77.6 Å². The Kier molecular flexibility index (Phi) is 9.76. The van der Waals surface area contributed by atoms with E-state index in [4.69, 9.17) is 27.1 Å². The molecule has 270 valence electrons. The Bertz CT molecular complexity index is 2010. The first-order chi connectivity index (χ1) is 24.5. The number of fused-ring (bicyclic) bond motifs is 3. The second-order valence-corrected chi connectivity index (χ2v) is 16.8. The number of carbonyl (C=O) groups is 1. The maximum atomic E-state index is 17.1. The maximum Gasteiger partial charge on any atom is 0.319 e. The maximum absolute atomic E-state index is 17.1. The van der Waals surface area contributed by atoms with Gasteiger partial charge in [0.05, 0.1) is 20.8 Å². The van der Waals surface area contributed by atoms with Gasteiger partial charge in [0.1, 0.15) is 34.8 Å². The lowest BCUT2D eigenvalue weighted by Crippen LogP contribution is -2.59. The molecule has 1 spiro atoms. The number of anilines is 2. The fourth-order valence-corrected chi connectivity index (χ4v) is 9.82. The first-order valence-electron chi connectivity index (χ1n) is 17.9. The summed E-state index contributed by atoms with van der Waals surface area (Å²) in [4.78, 5) is 27.5. The number of nitrogens with two attached hydrogens (primary N) is 1. The quantitative estimate of drug-likeness (QED) is 0.198. The lowest BCUT2D eigenvalue weighted by Gasteiger charge is -2.50. The fraction of sp³-hybridized carbons (Fsp3) is 0.526. The molecule has 4 aliphatic heterocycles. The molecule has 2 N–H and O–H groups in total. The highest BCUT2D eigenvalue weighted by Gasteiger charge is 2.46. The van der Waals surface area contributed by atoms with Crippen molar-refractivity contribution in [3.8, 4) is 23.2 Å². The van der Waals surface area contributed by atoms with Gasteiger partial charge in [-0.2, -0.15) is 15.2 Å². The van der Waals surface area contributed by atoms with E-state index in [0.717, 1.165) is 81.7 Å². The molecule has 9 nitrogen and oxygen atoms in total. The van der Waals surface area contributed by atoms with Gasteiger partial charge in [-0.05, 0) is 75.2 Å². The summed E-state index contributed by atoms with van der Waals surface area (Å²) in [5, 5.41) is 10.8. The molecule has 0 radical (unpaired) electrons. The summed E-state index contributed by atoms with van der Waals surface area (Å²) in [7, 11) is 0. The van der Waals surface area contributed by atoms with E-state index in [0.29, 0.717) is 44.0 Å². The standard InChI is InChI=1S/C34H34ClF2N7O2S.C4H10/c35-23-13-21-28(27(37)26(23)20-5-6-24(36)29-25(20)22(14-38)30(39)47-29)40-32(46-18-34-8-3-11-44(34)12-4-9-34)41-31(21)43-10-2-1-7-33(17-43)15-42(16-33)19-45;1-4(2)3/h5-6,13,19H,1-4,7-12,15-18,39H2;4H,1-3H3. The summed E-state index contributed by atoms with van der Waals surface area (Å²) in [5.74, 6) is 0.118. The van der Waals surface area contributed by atoms with Crippen molar-refractivity contribution >= 4 is 61.2 Å². The van der Waals surface area contributed by atoms with Gasteiger partial charge in [0.15, 0.2) is 5.82 Å².